The first-order valence-corrected chi connectivity index (χ1v) is 13.3. The lowest BCUT2D eigenvalue weighted by atomic mass is 9.99. The first-order valence-electron chi connectivity index (χ1n) is 13.3. The van der Waals surface area contributed by atoms with E-state index in [0.717, 1.165) is 24.8 Å². The number of hydrogen-bond acceptors (Lipinski definition) is 3. The summed E-state index contributed by atoms with van der Waals surface area (Å²) < 4.78 is 19.7. The van der Waals surface area contributed by atoms with Gasteiger partial charge in [0.2, 0.25) is 0 Å². The van der Waals surface area contributed by atoms with E-state index in [-0.39, 0.29) is 5.92 Å². The minimum Gasteiger partial charge on any atom is -0.490 e. The number of ether oxygens (including phenoxy) is 1. The number of rotatable bonds is 18. The van der Waals surface area contributed by atoms with Crippen LogP contribution in [0.5, 0.6) is 5.75 Å². The second-order valence-electron chi connectivity index (χ2n) is 9.44. The first kappa shape index (κ1) is 27.3. The lowest BCUT2D eigenvalue weighted by molar-refractivity contribution is 0.178. The van der Waals surface area contributed by atoms with Crippen molar-refractivity contribution in [2.75, 3.05) is 6.61 Å². The van der Waals surface area contributed by atoms with Crippen LogP contribution in [0.3, 0.4) is 0 Å². The average molecular weight is 457 g/mol. The van der Waals surface area contributed by atoms with Gasteiger partial charge in [-0.3, -0.25) is 0 Å². The highest BCUT2D eigenvalue weighted by atomic mass is 19.1. The number of hydrogen-bond donors (Lipinski definition) is 0. The van der Waals surface area contributed by atoms with Crippen molar-refractivity contribution in [3.63, 3.8) is 0 Å². The Hall–Kier alpha value is -1.97. The minimum atomic E-state index is -0.820. The molecule has 0 N–H and O–H groups in total. The van der Waals surface area contributed by atoms with Crippen LogP contribution in [-0.4, -0.2) is 22.7 Å². The van der Waals surface area contributed by atoms with Gasteiger partial charge in [0.25, 0.3) is 0 Å². The Labute approximate surface area is 201 Å². The third kappa shape index (κ3) is 11.1. The van der Waals surface area contributed by atoms with E-state index in [1.165, 1.54) is 63.4 Å². The molecule has 1 aromatic carbocycles. The molecule has 33 heavy (non-hydrogen) atoms. The van der Waals surface area contributed by atoms with E-state index >= 15 is 0 Å². The molecular weight excluding hydrogens is 411 g/mol. The van der Waals surface area contributed by atoms with E-state index in [1.807, 2.05) is 6.92 Å². The molecule has 0 saturated heterocycles. The third-order valence-corrected chi connectivity index (χ3v) is 6.43. The van der Waals surface area contributed by atoms with Crippen molar-refractivity contribution in [3.05, 3.63) is 42.2 Å². The van der Waals surface area contributed by atoms with Crippen molar-refractivity contribution in [1.29, 1.82) is 0 Å². The summed E-state index contributed by atoms with van der Waals surface area (Å²) in [4.78, 5) is 8.87. The zero-order valence-corrected chi connectivity index (χ0v) is 21.2. The Morgan fingerprint density at radius 1 is 0.788 bits per heavy atom. The average Bonchev–Trinajstić information content (AvgIpc) is 2.84. The predicted octanol–water partition coefficient (Wildman–Crippen LogP) is 8.76. The highest BCUT2D eigenvalue weighted by molar-refractivity contribution is 5.55. The van der Waals surface area contributed by atoms with Gasteiger partial charge in [-0.1, -0.05) is 103 Å². The zero-order valence-electron chi connectivity index (χ0n) is 21.2. The summed E-state index contributed by atoms with van der Waals surface area (Å²) in [7, 11) is 0. The molecule has 0 fully saturated rings. The van der Waals surface area contributed by atoms with Crippen LogP contribution in [0, 0.1) is 5.92 Å². The van der Waals surface area contributed by atoms with E-state index in [0.29, 0.717) is 24.6 Å². The van der Waals surface area contributed by atoms with Gasteiger partial charge in [0.05, 0.1) is 19.0 Å². The summed E-state index contributed by atoms with van der Waals surface area (Å²) in [6.45, 7) is 6.68. The van der Waals surface area contributed by atoms with Gasteiger partial charge in [0.1, 0.15) is 6.17 Å². The monoisotopic (exact) mass is 456 g/mol. The Morgan fingerprint density at radius 3 is 2.00 bits per heavy atom. The molecule has 2 atom stereocenters. The molecule has 0 spiro atoms. The summed E-state index contributed by atoms with van der Waals surface area (Å²) in [6, 6.07) is 8.57. The lowest BCUT2D eigenvalue weighted by Crippen LogP contribution is -2.16. The normalized spacial score (nSPS) is 13.1. The number of aryl methyl sites for hydroxylation is 1. The lowest BCUT2D eigenvalue weighted by Gasteiger charge is -2.16. The topological polar surface area (TPSA) is 35.0 Å². The number of aromatic nitrogens is 2. The summed E-state index contributed by atoms with van der Waals surface area (Å²) in [5, 5.41) is 0. The standard InChI is InChI=1S/C29H45FN2O/c1-4-6-7-8-9-10-11-12-13-15-25-16-18-26(19-17-25)29-31-22-27(23-32-29)33-21-20-28(30)24(3)14-5-2/h16-19,22-24,28H,4-15,20-21H2,1-3H3. The van der Waals surface area contributed by atoms with Crippen LogP contribution in [0.25, 0.3) is 11.4 Å². The highest BCUT2D eigenvalue weighted by Gasteiger charge is 2.15. The second-order valence-corrected chi connectivity index (χ2v) is 9.44. The van der Waals surface area contributed by atoms with E-state index < -0.39 is 6.17 Å². The maximum Gasteiger partial charge on any atom is 0.159 e. The van der Waals surface area contributed by atoms with Crippen LogP contribution >= 0.6 is 0 Å². The molecule has 0 saturated carbocycles. The van der Waals surface area contributed by atoms with Gasteiger partial charge in [-0.2, -0.15) is 0 Å². The van der Waals surface area contributed by atoms with Crippen molar-refractivity contribution in [3.8, 4) is 17.1 Å². The zero-order chi connectivity index (χ0) is 23.7. The van der Waals surface area contributed by atoms with Crippen LogP contribution in [0.15, 0.2) is 36.7 Å². The van der Waals surface area contributed by atoms with E-state index in [1.54, 1.807) is 12.4 Å². The molecule has 184 valence electrons. The molecule has 0 amide bonds. The van der Waals surface area contributed by atoms with Crippen molar-refractivity contribution in [2.24, 2.45) is 5.92 Å². The molecule has 3 nitrogen and oxygen atoms in total. The molecule has 0 aliphatic rings. The largest absolute Gasteiger partial charge is 0.490 e. The Bertz CT molecular complexity index is 732. The van der Waals surface area contributed by atoms with Gasteiger partial charge in [0, 0.05) is 12.0 Å². The van der Waals surface area contributed by atoms with Crippen LogP contribution in [-0.2, 0) is 6.42 Å². The fourth-order valence-corrected chi connectivity index (χ4v) is 4.21. The van der Waals surface area contributed by atoms with Crippen molar-refractivity contribution < 1.29 is 9.13 Å². The number of alkyl halides is 1. The Kier molecular flexibility index (Phi) is 13.7. The maximum absolute atomic E-state index is 14.1. The molecule has 1 heterocycles. The third-order valence-electron chi connectivity index (χ3n) is 6.43. The molecular formula is C29H45FN2O. The minimum absolute atomic E-state index is 0.0838. The van der Waals surface area contributed by atoms with Crippen LogP contribution in [0.4, 0.5) is 4.39 Å². The molecule has 0 bridgehead atoms. The van der Waals surface area contributed by atoms with Crippen molar-refractivity contribution >= 4 is 0 Å². The molecule has 0 radical (unpaired) electrons. The molecule has 4 heteroatoms. The van der Waals surface area contributed by atoms with Crippen LogP contribution in [0.1, 0.15) is 103 Å². The summed E-state index contributed by atoms with van der Waals surface area (Å²) in [5.74, 6) is 1.37. The maximum atomic E-state index is 14.1. The predicted molar refractivity (Wildman–Crippen MR) is 137 cm³/mol. The van der Waals surface area contributed by atoms with E-state index in [2.05, 4.69) is 48.1 Å². The van der Waals surface area contributed by atoms with Crippen LogP contribution in [0.2, 0.25) is 0 Å². The van der Waals surface area contributed by atoms with Crippen molar-refractivity contribution in [1.82, 2.24) is 9.97 Å². The second kappa shape index (κ2) is 16.6. The Balaban J connectivity index is 1.66. The molecule has 2 unspecified atom stereocenters. The number of unbranched alkanes of at least 4 members (excludes halogenated alkanes) is 8. The van der Waals surface area contributed by atoms with E-state index in [9.17, 15) is 4.39 Å². The first-order chi connectivity index (χ1) is 16.1. The van der Waals surface area contributed by atoms with E-state index in [4.69, 9.17) is 4.74 Å². The van der Waals surface area contributed by atoms with Crippen LogP contribution < -0.4 is 4.74 Å². The van der Waals surface area contributed by atoms with Gasteiger partial charge < -0.3 is 4.74 Å². The van der Waals surface area contributed by atoms with Gasteiger partial charge in [0.15, 0.2) is 11.6 Å². The van der Waals surface area contributed by atoms with Gasteiger partial charge in [-0.15, -0.1) is 0 Å². The SMILES string of the molecule is CCCCCCCCCCCc1ccc(-c2ncc(OCCC(F)C(C)CCC)cn2)cc1. The van der Waals surface area contributed by atoms with Gasteiger partial charge >= 0.3 is 0 Å². The van der Waals surface area contributed by atoms with Gasteiger partial charge in [-0.25, -0.2) is 14.4 Å². The molecule has 1 aromatic heterocycles. The molecule has 0 aliphatic heterocycles. The molecule has 2 rings (SSSR count). The number of nitrogens with zero attached hydrogens (tertiary/aromatic N) is 2. The summed E-state index contributed by atoms with van der Waals surface area (Å²) >= 11 is 0. The summed E-state index contributed by atoms with van der Waals surface area (Å²) in [6.07, 6.45) is 18.2. The molecule has 2 aromatic rings. The van der Waals surface area contributed by atoms with Gasteiger partial charge in [-0.05, 0) is 30.7 Å². The quantitative estimate of drug-likeness (QED) is 0.210. The number of benzene rings is 1. The number of halogens is 1. The van der Waals surface area contributed by atoms with Crippen molar-refractivity contribution in [2.45, 2.75) is 110 Å². The summed E-state index contributed by atoms with van der Waals surface area (Å²) in [5.41, 5.74) is 2.38. The highest BCUT2D eigenvalue weighted by Crippen LogP contribution is 2.20. The fraction of sp³-hybridized carbons (Fsp3) is 0.655. The fourth-order valence-electron chi connectivity index (χ4n) is 4.21. The Morgan fingerprint density at radius 2 is 1.39 bits per heavy atom. The molecule has 0 aliphatic carbocycles. The smallest absolute Gasteiger partial charge is 0.159 e.